The number of carbonyl (C=O) groups is 1. The molecule has 0 aliphatic heterocycles. The maximum Gasteiger partial charge on any atom is 0.237 e. The molecule has 1 N–H and O–H groups in total. The van der Waals surface area contributed by atoms with Crippen LogP contribution in [0.15, 0.2) is 47.6 Å². The molecule has 0 saturated carbocycles. The number of ether oxygens (including phenoxy) is 1. The lowest BCUT2D eigenvalue weighted by Gasteiger charge is -2.13. The Labute approximate surface area is 166 Å². The summed E-state index contributed by atoms with van der Waals surface area (Å²) >= 11 is 7.38. The van der Waals surface area contributed by atoms with E-state index in [4.69, 9.17) is 16.3 Å². The summed E-state index contributed by atoms with van der Waals surface area (Å²) in [7, 11) is 1.54. The number of nitrogens with zero attached hydrogens (tertiary/aromatic N) is 4. The Kier molecular flexibility index (Phi) is 5.98. The summed E-state index contributed by atoms with van der Waals surface area (Å²) in [6.07, 6.45) is 0. The van der Waals surface area contributed by atoms with Crippen molar-refractivity contribution in [1.29, 1.82) is 0 Å². The molecule has 1 heterocycles. The zero-order valence-corrected chi connectivity index (χ0v) is 16.6. The third kappa shape index (κ3) is 4.40. The smallest absolute Gasteiger partial charge is 0.237 e. The van der Waals surface area contributed by atoms with Crippen LogP contribution in [0.3, 0.4) is 0 Å². The number of halogens is 1. The van der Waals surface area contributed by atoms with E-state index in [0.29, 0.717) is 21.6 Å². The number of para-hydroxylation sites is 1. The van der Waals surface area contributed by atoms with Crippen LogP contribution in [0.4, 0.5) is 5.69 Å². The highest BCUT2D eigenvalue weighted by Gasteiger charge is 2.20. The molecule has 27 heavy (non-hydrogen) atoms. The molecule has 0 saturated heterocycles. The number of hydrogen-bond donors (Lipinski definition) is 1. The highest BCUT2D eigenvalue weighted by molar-refractivity contribution is 8.00. The second-order valence-electron chi connectivity index (χ2n) is 5.76. The average Bonchev–Trinajstić information content (AvgIpc) is 3.10. The molecule has 0 bridgehead atoms. The van der Waals surface area contributed by atoms with E-state index >= 15 is 0 Å². The molecule has 0 fully saturated rings. The van der Waals surface area contributed by atoms with Gasteiger partial charge in [-0.3, -0.25) is 4.79 Å². The molecule has 3 aromatic rings. The second kappa shape index (κ2) is 8.41. The van der Waals surface area contributed by atoms with Gasteiger partial charge in [-0.15, -0.1) is 5.10 Å². The molecule has 1 aromatic heterocycles. The molecule has 1 amide bonds. The Morgan fingerprint density at radius 3 is 2.78 bits per heavy atom. The Balaban J connectivity index is 1.72. The lowest BCUT2D eigenvalue weighted by atomic mass is 10.2. The van der Waals surface area contributed by atoms with Crippen LogP contribution in [-0.4, -0.2) is 38.5 Å². The zero-order chi connectivity index (χ0) is 19.4. The maximum atomic E-state index is 12.5. The number of thioether (sulfide) groups is 1. The Bertz CT molecular complexity index is 962. The summed E-state index contributed by atoms with van der Waals surface area (Å²) in [5.74, 6) is 0.370. The minimum absolute atomic E-state index is 0.180. The molecule has 0 aliphatic carbocycles. The number of tetrazole rings is 1. The standard InChI is InChI=1S/C18H18ClN5O2S/c1-11-6-4-5-7-15(11)24-18(21-22-23-24)27-12(2)17(25)20-13-8-9-16(26-3)14(19)10-13/h4-10,12H,1-3H3,(H,20,25)/t12-/m1/s1. The number of aromatic nitrogens is 4. The van der Waals surface area contributed by atoms with Crippen molar-refractivity contribution in [3.05, 3.63) is 53.1 Å². The van der Waals surface area contributed by atoms with Gasteiger partial charge in [-0.1, -0.05) is 41.6 Å². The van der Waals surface area contributed by atoms with Crippen LogP contribution in [-0.2, 0) is 4.79 Å². The quantitative estimate of drug-likeness (QED) is 0.631. The summed E-state index contributed by atoms with van der Waals surface area (Å²) in [4.78, 5) is 12.5. The van der Waals surface area contributed by atoms with Crippen LogP contribution < -0.4 is 10.1 Å². The highest BCUT2D eigenvalue weighted by Crippen LogP contribution is 2.29. The lowest BCUT2D eigenvalue weighted by Crippen LogP contribution is -2.23. The Hall–Kier alpha value is -2.58. The van der Waals surface area contributed by atoms with E-state index in [1.54, 1.807) is 29.8 Å². The lowest BCUT2D eigenvalue weighted by molar-refractivity contribution is -0.115. The van der Waals surface area contributed by atoms with Gasteiger partial charge in [0.2, 0.25) is 11.1 Å². The molecule has 9 heteroatoms. The SMILES string of the molecule is COc1ccc(NC(=O)[C@@H](C)Sc2nnnn2-c2ccccc2C)cc1Cl. The molecule has 7 nitrogen and oxygen atoms in total. The highest BCUT2D eigenvalue weighted by atomic mass is 35.5. The summed E-state index contributed by atoms with van der Waals surface area (Å²) in [5, 5.41) is 15.2. The van der Waals surface area contributed by atoms with Crippen molar-refractivity contribution in [3.8, 4) is 11.4 Å². The molecule has 0 spiro atoms. The van der Waals surface area contributed by atoms with Gasteiger partial charge in [-0.2, -0.15) is 4.68 Å². The van der Waals surface area contributed by atoms with Crippen molar-refractivity contribution in [2.75, 3.05) is 12.4 Å². The predicted octanol–water partition coefficient (Wildman–Crippen LogP) is 3.75. The third-order valence-electron chi connectivity index (χ3n) is 3.86. The van der Waals surface area contributed by atoms with E-state index in [2.05, 4.69) is 20.8 Å². The fourth-order valence-electron chi connectivity index (χ4n) is 2.40. The molecule has 2 aromatic carbocycles. The fraction of sp³-hybridized carbons (Fsp3) is 0.222. The minimum Gasteiger partial charge on any atom is -0.495 e. The summed E-state index contributed by atoms with van der Waals surface area (Å²) < 4.78 is 6.75. The number of anilines is 1. The van der Waals surface area contributed by atoms with E-state index in [9.17, 15) is 4.79 Å². The van der Waals surface area contributed by atoms with Crippen molar-refractivity contribution in [2.45, 2.75) is 24.3 Å². The molecule has 0 radical (unpaired) electrons. The van der Waals surface area contributed by atoms with Crippen LogP contribution in [0.2, 0.25) is 5.02 Å². The van der Waals surface area contributed by atoms with E-state index in [-0.39, 0.29) is 5.91 Å². The van der Waals surface area contributed by atoms with Crippen LogP contribution >= 0.6 is 23.4 Å². The van der Waals surface area contributed by atoms with Gasteiger partial charge in [0.1, 0.15) is 5.75 Å². The number of benzene rings is 2. The van der Waals surface area contributed by atoms with Crippen LogP contribution in [0.5, 0.6) is 5.75 Å². The number of hydrogen-bond acceptors (Lipinski definition) is 6. The van der Waals surface area contributed by atoms with Gasteiger partial charge in [0.05, 0.1) is 23.1 Å². The molecule has 3 rings (SSSR count). The van der Waals surface area contributed by atoms with Crippen LogP contribution in [0.1, 0.15) is 12.5 Å². The van der Waals surface area contributed by atoms with Gasteiger partial charge in [0.15, 0.2) is 0 Å². The topological polar surface area (TPSA) is 81.9 Å². The van der Waals surface area contributed by atoms with Crippen molar-refractivity contribution in [2.24, 2.45) is 0 Å². The van der Waals surface area contributed by atoms with Crippen LogP contribution in [0, 0.1) is 6.92 Å². The van der Waals surface area contributed by atoms with Crippen molar-refractivity contribution in [3.63, 3.8) is 0 Å². The number of methoxy groups -OCH3 is 1. The van der Waals surface area contributed by atoms with E-state index < -0.39 is 5.25 Å². The normalized spacial score (nSPS) is 11.9. The number of nitrogens with one attached hydrogen (secondary N) is 1. The maximum absolute atomic E-state index is 12.5. The zero-order valence-electron chi connectivity index (χ0n) is 15.0. The van der Waals surface area contributed by atoms with E-state index in [0.717, 1.165) is 11.3 Å². The number of carbonyl (C=O) groups excluding carboxylic acids is 1. The van der Waals surface area contributed by atoms with E-state index in [1.165, 1.54) is 18.9 Å². The van der Waals surface area contributed by atoms with Crippen molar-refractivity contribution in [1.82, 2.24) is 20.2 Å². The van der Waals surface area contributed by atoms with Crippen molar-refractivity contribution >= 4 is 35.0 Å². The third-order valence-corrected chi connectivity index (χ3v) is 5.18. The average molecular weight is 404 g/mol. The van der Waals surface area contributed by atoms with Crippen LogP contribution in [0.25, 0.3) is 5.69 Å². The monoisotopic (exact) mass is 403 g/mol. The largest absolute Gasteiger partial charge is 0.495 e. The number of amides is 1. The van der Waals surface area contributed by atoms with Gasteiger partial charge >= 0.3 is 0 Å². The van der Waals surface area contributed by atoms with Gasteiger partial charge in [-0.25, -0.2) is 0 Å². The fourth-order valence-corrected chi connectivity index (χ4v) is 3.46. The van der Waals surface area contributed by atoms with Gasteiger partial charge < -0.3 is 10.1 Å². The Morgan fingerprint density at radius 2 is 2.07 bits per heavy atom. The van der Waals surface area contributed by atoms with Crippen molar-refractivity contribution < 1.29 is 9.53 Å². The first-order valence-corrected chi connectivity index (χ1v) is 9.41. The van der Waals surface area contributed by atoms with E-state index in [1.807, 2.05) is 31.2 Å². The summed E-state index contributed by atoms with van der Waals surface area (Å²) in [6.45, 7) is 3.77. The van der Waals surface area contributed by atoms with Gasteiger partial charge in [0, 0.05) is 5.69 Å². The predicted molar refractivity (Wildman–Crippen MR) is 106 cm³/mol. The first-order valence-electron chi connectivity index (χ1n) is 8.15. The molecule has 1 atom stereocenters. The minimum atomic E-state index is -0.417. The van der Waals surface area contributed by atoms with Gasteiger partial charge in [0.25, 0.3) is 0 Å². The Morgan fingerprint density at radius 1 is 1.30 bits per heavy atom. The first kappa shape index (κ1) is 19.2. The summed E-state index contributed by atoms with van der Waals surface area (Å²) in [5.41, 5.74) is 2.51. The summed E-state index contributed by atoms with van der Waals surface area (Å²) in [6, 6.07) is 12.9. The number of aryl methyl sites for hydroxylation is 1. The second-order valence-corrected chi connectivity index (χ2v) is 7.47. The molecular formula is C18H18ClN5O2S. The molecular weight excluding hydrogens is 386 g/mol. The molecule has 0 unspecified atom stereocenters. The molecule has 140 valence electrons. The molecule has 0 aliphatic rings. The first-order chi connectivity index (χ1) is 13.0. The van der Waals surface area contributed by atoms with Gasteiger partial charge in [-0.05, 0) is 54.1 Å². The number of rotatable bonds is 6.